The Labute approximate surface area is 263 Å². The highest BCUT2D eigenvalue weighted by Crippen LogP contribution is 2.49. The van der Waals surface area contributed by atoms with Crippen LogP contribution >= 0.6 is 30.1 Å². The zero-order chi connectivity index (χ0) is 30.8. The van der Waals surface area contributed by atoms with E-state index in [1.54, 1.807) is 6.07 Å². The first kappa shape index (κ1) is 29.4. The summed E-state index contributed by atoms with van der Waals surface area (Å²) in [5.41, 5.74) is 0.566. The van der Waals surface area contributed by atoms with Crippen molar-refractivity contribution in [3.05, 3.63) is 153 Å². The smallest absolute Gasteiger partial charge is 0.340 e. The number of fused-ring (bicyclic) bond motifs is 1. The third-order valence-corrected chi connectivity index (χ3v) is 12.3. The van der Waals surface area contributed by atoms with Crippen molar-refractivity contribution in [2.24, 2.45) is 0 Å². The topological polar surface area (TPSA) is 98.5 Å². The Morgan fingerprint density at radius 1 is 0.795 bits per heavy atom. The van der Waals surface area contributed by atoms with E-state index in [1.807, 2.05) is 91.0 Å². The van der Waals surface area contributed by atoms with Gasteiger partial charge < -0.3 is 10.1 Å². The van der Waals surface area contributed by atoms with E-state index in [-0.39, 0.29) is 39.2 Å². The number of hydrogen-bond donors (Lipinski definition) is 1. The Morgan fingerprint density at radius 3 is 1.84 bits per heavy atom. The Balaban J connectivity index is 1.54. The Bertz CT molecular complexity index is 1880. The van der Waals surface area contributed by atoms with Crippen molar-refractivity contribution >= 4 is 74.5 Å². The van der Waals surface area contributed by atoms with Crippen LogP contribution in [0.2, 0.25) is 10.0 Å². The van der Waals surface area contributed by atoms with Gasteiger partial charge in [-0.3, -0.25) is 14.9 Å². The van der Waals surface area contributed by atoms with E-state index in [2.05, 4.69) is 5.32 Å². The fraction of sp³-hybridized carbons (Fsp3) is 0.0294. The molecule has 0 spiro atoms. The van der Waals surface area contributed by atoms with E-state index in [0.29, 0.717) is 10.9 Å². The average Bonchev–Trinajstić information content (AvgIpc) is 3.04. The van der Waals surface area contributed by atoms with E-state index in [0.717, 1.165) is 22.0 Å². The van der Waals surface area contributed by atoms with Crippen molar-refractivity contribution in [2.45, 2.75) is 6.42 Å². The molecule has 5 aromatic rings. The van der Waals surface area contributed by atoms with Crippen molar-refractivity contribution in [3.8, 4) is 5.75 Å². The van der Waals surface area contributed by atoms with Gasteiger partial charge in [-0.2, -0.15) is 0 Å². The molecule has 7 nitrogen and oxygen atoms in total. The number of esters is 1. The summed E-state index contributed by atoms with van der Waals surface area (Å²) in [5.74, 6) is -1.07. The summed E-state index contributed by atoms with van der Waals surface area (Å²) >= 11 is 12.8. The molecule has 0 fully saturated rings. The molecule has 0 saturated carbocycles. The standard InChI is InChI=1S/C34H23Cl2N2O5P/c35-23-18-22-19-31(34(40)43-32(22)28(20-23)33(39)37-30-17-16-24(38(41)42)21-29(30)36)44(25-10-4-1-5-11-25,26-12-6-2-7-13-26)27-14-8-3-9-15-27/h1-18,20-21H,19H2,(H,37,39). The van der Waals surface area contributed by atoms with E-state index in [9.17, 15) is 19.7 Å². The molecule has 6 rings (SSSR count). The van der Waals surface area contributed by atoms with Gasteiger partial charge >= 0.3 is 5.97 Å². The van der Waals surface area contributed by atoms with Gasteiger partial charge in [-0.15, -0.1) is 0 Å². The normalized spacial score (nSPS) is 12.7. The fourth-order valence-electron chi connectivity index (χ4n) is 5.51. The summed E-state index contributed by atoms with van der Waals surface area (Å²) in [6, 6.07) is 36.6. The molecule has 1 aliphatic heterocycles. The Kier molecular flexibility index (Phi) is 8.11. The number of benzene rings is 5. The van der Waals surface area contributed by atoms with Crippen LogP contribution in [0.4, 0.5) is 11.4 Å². The number of carbonyl (C=O) groups excluding carboxylic acids is 2. The zero-order valence-corrected chi connectivity index (χ0v) is 25.4. The van der Waals surface area contributed by atoms with Gasteiger partial charge in [0.2, 0.25) is 0 Å². The highest BCUT2D eigenvalue weighted by atomic mass is 35.5. The van der Waals surface area contributed by atoms with Crippen LogP contribution in [-0.4, -0.2) is 22.1 Å². The van der Waals surface area contributed by atoms with Crippen molar-refractivity contribution in [2.75, 3.05) is 5.32 Å². The summed E-state index contributed by atoms with van der Waals surface area (Å²) < 4.78 is 6.05. The van der Waals surface area contributed by atoms with Crippen LogP contribution < -0.4 is 26.0 Å². The average molecular weight is 641 g/mol. The largest absolute Gasteiger partial charge is 0.422 e. The summed E-state index contributed by atoms with van der Waals surface area (Å²) in [6.45, 7) is -2.74. The second-order valence-corrected chi connectivity index (χ2v) is 14.3. The molecule has 218 valence electrons. The molecule has 0 aliphatic carbocycles. The predicted octanol–water partition coefficient (Wildman–Crippen LogP) is 6.78. The number of nitrogens with zero attached hydrogens (tertiary/aromatic N) is 1. The summed E-state index contributed by atoms with van der Waals surface area (Å²) in [7, 11) is 0. The van der Waals surface area contributed by atoms with Crippen LogP contribution in [0.25, 0.3) is 0 Å². The zero-order valence-electron chi connectivity index (χ0n) is 22.9. The molecule has 0 aromatic heterocycles. The number of anilines is 1. The number of nitro benzene ring substituents is 1. The molecule has 10 heteroatoms. The van der Waals surface area contributed by atoms with Crippen LogP contribution in [0.3, 0.4) is 0 Å². The quantitative estimate of drug-likeness (QED) is 0.0725. The van der Waals surface area contributed by atoms with Crippen molar-refractivity contribution in [3.63, 3.8) is 0 Å². The minimum atomic E-state index is -2.74. The first-order valence-corrected chi connectivity index (χ1v) is 16.1. The molecular weight excluding hydrogens is 618 g/mol. The van der Waals surface area contributed by atoms with Crippen LogP contribution in [0.5, 0.6) is 5.75 Å². The first-order valence-electron chi connectivity index (χ1n) is 13.5. The van der Waals surface area contributed by atoms with Crippen LogP contribution in [0.15, 0.2) is 121 Å². The fourth-order valence-corrected chi connectivity index (χ4v) is 10.4. The number of halogens is 2. The van der Waals surface area contributed by atoms with Gasteiger partial charge in [0.15, 0.2) is 0 Å². The van der Waals surface area contributed by atoms with E-state index < -0.39 is 23.7 Å². The maximum absolute atomic E-state index is 14.2. The number of rotatable bonds is 6. The maximum atomic E-state index is 14.2. The molecule has 1 heterocycles. The second kappa shape index (κ2) is 12.1. The lowest BCUT2D eigenvalue weighted by atomic mass is 10.0. The summed E-state index contributed by atoms with van der Waals surface area (Å²) in [4.78, 5) is 38.2. The number of carbonyl (C=O) groups is 2. The molecule has 0 saturated heterocycles. The molecule has 44 heavy (non-hydrogen) atoms. The number of non-ortho nitro benzene ring substituents is 1. The lowest BCUT2D eigenvalue weighted by Crippen LogP contribution is -2.38. The van der Waals surface area contributed by atoms with Crippen LogP contribution in [0.1, 0.15) is 15.9 Å². The maximum Gasteiger partial charge on any atom is 0.340 e. The minimum absolute atomic E-state index is 0.0146. The molecule has 1 amide bonds. The minimum Gasteiger partial charge on any atom is -0.422 e. The van der Waals surface area contributed by atoms with Gasteiger partial charge in [-0.05, 0) is 41.0 Å². The number of hydrogen-bond acceptors (Lipinski definition) is 5. The molecule has 0 atom stereocenters. The SMILES string of the molecule is O=C1Oc2c(cc(Cl)cc2C(=O)Nc2ccc([N+](=O)[O-])cc2Cl)CC1=P(c1ccccc1)(c1ccccc1)c1ccccc1. The molecular formula is C34H23Cl2N2O5P. The number of ether oxygens (including phenoxy) is 1. The summed E-state index contributed by atoms with van der Waals surface area (Å²) in [5, 5.41) is 17.6. The number of nitro groups is 1. The van der Waals surface area contributed by atoms with Gasteiger partial charge in [0.1, 0.15) is 5.75 Å². The molecule has 0 bridgehead atoms. The number of amides is 1. The monoisotopic (exact) mass is 640 g/mol. The number of nitrogens with one attached hydrogen (secondary N) is 1. The van der Waals surface area contributed by atoms with Gasteiger partial charge in [0, 0.05) is 29.1 Å². The first-order chi connectivity index (χ1) is 21.3. The molecule has 5 aromatic carbocycles. The van der Waals surface area contributed by atoms with Gasteiger partial charge in [-0.1, -0.05) is 114 Å². The highest BCUT2D eigenvalue weighted by molar-refractivity contribution is 7.96. The summed E-state index contributed by atoms with van der Waals surface area (Å²) in [6.07, 6.45) is 0.194. The van der Waals surface area contributed by atoms with E-state index in [1.165, 1.54) is 18.2 Å². The van der Waals surface area contributed by atoms with Gasteiger partial charge in [-0.25, -0.2) is 4.79 Å². The third kappa shape index (κ3) is 5.31. The molecule has 0 unspecified atom stereocenters. The molecule has 1 aliphatic rings. The van der Waals surface area contributed by atoms with E-state index in [4.69, 9.17) is 27.9 Å². The Morgan fingerprint density at radius 2 is 1.34 bits per heavy atom. The second-order valence-electron chi connectivity index (χ2n) is 10.0. The van der Waals surface area contributed by atoms with Gasteiger partial charge in [0.25, 0.3) is 11.6 Å². The van der Waals surface area contributed by atoms with Gasteiger partial charge in [0.05, 0.1) is 26.5 Å². The van der Waals surface area contributed by atoms with Crippen LogP contribution in [0, 0.1) is 10.1 Å². The van der Waals surface area contributed by atoms with Crippen molar-refractivity contribution in [1.29, 1.82) is 0 Å². The third-order valence-electron chi connectivity index (χ3n) is 7.41. The lowest BCUT2D eigenvalue weighted by Gasteiger charge is -2.34. The Hall–Kier alpha value is -4.68. The van der Waals surface area contributed by atoms with Crippen molar-refractivity contribution in [1.82, 2.24) is 0 Å². The highest BCUT2D eigenvalue weighted by Gasteiger charge is 2.38. The lowest BCUT2D eigenvalue weighted by molar-refractivity contribution is -0.384. The van der Waals surface area contributed by atoms with Crippen LogP contribution in [-0.2, 0) is 11.2 Å². The molecule has 0 radical (unpaired) electrons. The predicted molar refractivity (Wildman–Crippen MR) is 177 cm³/mol. The molecule has 1 N–H and O–H groups in total. The van der Waals surface area contributed by atoms with Crippen molar-refractivity contribution < 1.29 is 19.2 Å². The van der Waals surface area contributed by atoms with E-state index >= 15 is 0 Å².